The fraction of sp³-hybridized carbons (Fsp3) is 0.538. The van der Waals surface area contributed by atoms with Crippen molar-refractivity contribution in [2.75, 3.05) is 19.8 Å². The third-order valence-electron chi connectivity index (χ3n) is 3.62. The van der Waals surface area contributed by atoms with Gasteiger partial charge in [-0.25, -0.2) is 13.1 Å². The van der Waals surface area contributed by atoms with E-state index >= 15 is 0 Å². The van der Waals surface area contributed by atoms with E-state index in [0.29, 0.717) is 35.1 Å². The molecule has 0 amide bonds. The van der Waals surface area contributed by atoms with Crippen molar-refractivity contribution in [3.63, 3.8) is 0 Å². The molecule has 0 saturated heterocycles. The zero-order valence-corrected chi connectivity index (χ0v) is 13.7. The monoisotopic (exact) mass is 376 g/mol. The Morgan fingerprint density at radius 3 is 2.52 bits per heavy atom. The number of halogens is 1. The van der Waals surface area contributed by atoms with Crippen LogP contribution in [0.2, 0.25) is 0 Å². The molecule has 0 bridgehead atoms. The predicted molar refractivity (Wildman–Crippen MR) is 81.0 cm³/mol. The molecule has 2 aliphatic rings. The Morgan fingerprint density at radius 2 is 1.90 bits per heavy atom. The number of nitrogens with one attached hydrogen (secondary N) is 1. The molecular formula is C13H17BrN2O4S. The van der Waals surface area contributed by atoms with Crippen molar-refractivity contribution in [3.8, 4) is 11.5 Å². The number of benzene rings is 1. The van der Waals surface area contributed by atoms with Crippen molar-refractivity contribution in [3.05, 3.63) is 16.6 Å². The van der Waals surface area contributed by atoms with Gasteiger partial charge >= 0.3 is 0 Å². The van der Waals surface area contributed by atoms with Crippen molar-refractivity contribution < 1.29 is 17.9 Å². The van der Waals surface area contributed by atoms with Crippen LogP contribution in [0, 0.1) is 5.92 Å². The van der Waals surface area contributed by atoms with E-state index in [9.17, 15) is 8.42 Å². The largest absolute Gasteiger partial charge is 0.486 e. The maximum absolute atomic E-state index is 12.4. The smallest absolute Gasteiger partial charge is 0.241 e. The van der Waals surface area contributed by atoms with Crippen molar-refractivity contribution in [1.29, 1.82) is 0 Å². The maximum Gasteiger partial charge on any atom is 0.241 e. The highest BCUT2D eigenvalue weighted by Crippen LogP contribution is 2.37. The molecule has 1 aromatic carbocycles. The molecule has 21 heavy (non-hydrogen) atoms. The van der Waals surface area contributed by atoms with Gasteiger partial charge in [0.25, 0.3) is 0 Å². The molecule has 1 unspecified atom stereocenters. The Morgan fingerprint density at radius 1 is 1.29 bits per heavy atom. The van der Waals surface area contributed by atoms with E-state index in [-0.39, 0.29) is 17.5 Å². The first-order chi connectivity index (χ1) is 9.97. The molecule has 0 spiro atoms. The summed E-state index contributed by atoms with van der Waals surface area (Å²) >= 11 is 3.27. The molecular weight excluding hydrogens is 360 g/mol. The first-order valence-electron chi connectivity index (χ1n) is 6.82. The average molecular weight is 377 g/mol. The van der Waals surface area contributed by atoms with E-state index < -0.39 is 10.0 Å². The van der Waals surface area contributed by atoms with Crippen molar-refractivity contribution in [1.82, 2.24) is 4.72 Å². The highest BCUT2D eigenvalue weighted by Gasteiger charge is 2.30. The topological polar surface area (TPSA) is 90.7 Å². The lowest BCUT2D eigenvalue weighted by Gasteiger charge is -2.20. The summed E-state index contributed by atoms with van der Waals surface area (Å²) in [6, 6.07) is 2.96. The first-order valence-corrected chi connectivity index (χ1v) is 9.09. The molecule has 1 aromatic rings. The molecule has 3 rings (SSSR count). The fourth-order valence-electron chi connectivity index (χ4n) is 2.23. The number of hydrogen-bond acceptors (Lipinski definition) is 5. The Labute approximate surface area is 132 Å². The van der Waals surface area contributed by atoms with Crippen LogP contribution in [-0.4, -0.2) is 34.2 Å². The normalized spacial score (nSPS) is 19.3. The lowest BCUT2D eigenvalue weighted by Crippen LogP contribution is -2.38. The van der Waals surface area contributed by atoms with Crippen LogP contribution in [0.3, 0.4) is 0 Å². The van der Waals surface area contributed by atoms with Gasteiger partial charge in [-0.15, -0.1) is 0 Å². The van der Waals surface area contributed by atoms with E-state index in [0.717, 1.165) is 12.8 Å². The first kappa shape index (κ1) is 15.1. The summed E-state index contributed by atoms with van der Waals surface area (Å²) in [5.41, 5.74) is 5.93. The minimum Gasteiger partial charge on any atom is -0.486 e. The van der Waals surface area contributed by atoms with Gasteiger partial charge in [-0.3, -0.25) is 0 Å². The van der Waals surface area contributed by atoms with E-state index in [1.54, 1.807) is 6.07 Å². The van der Waals surface area contributed by atoms with Crippen LogP contribution in [0.4, 0.5) is 0 Å². The maximum atomic E-state index is 12.4. The van der Waals surface area contributed by atoms with Gasteiger partial charge in [0, 0.05) is 23.1 Å². The summed E-state index contributed by atoms with van der Waals surface area (Å²) < 4.78 is 38.6. The van der Waals surface area contributed by atoms with E-state index in [1.807, 2.05) is 0 Å². The molecule has 1 aliphatic carbocycles. The van der Waals surface area contributed by atoms with Crippen molar-refractivity contribution >= 4 is 26.0 Å². The minimum absolute atomic E-state index is 0.129. The SMILES string of the molecule is NC(CNS(=O)(=O)c1cc2c(cc1Br)OCCO2)C1CC1. The van der Waals surface area contributed by atoms with Crippen LogP contribution in [0.5, 0.6) is 11.5 Å². The quantitative estimate of drug-likeness (QED) is 0.806. The molecule has 1 fully saturated rings. The van der Waals surface area contributed by atoms with Crippen LogP contribution >= 0.6 is 15.9 Å². The summed E-state index contributed by atoms with van der Waals surface area (Å²) in [6.07, 6.45) is 2.16. The van der Waals surface area contributed by atoms with Gasteiger partial charge in [-0.05, 0) is 40.8 Å². The number of sulfonamides is 1. The number of rotatable bonds is 5. The summed E-state index contributed by atoms with van der Waals surface area (Å²) in [4.78, 5) is 0.134. The summed E-state index contributed by atoms with van der Waals surface area (Å²) in [7, 11) is -3.64. The van der Waals surface area contributed by atoms with Gasteiger partial charge < -0.3 is 15.2 Å². The van der Waals surface area contributed by atoms with Gasteiger partial charge in [0.2, 0.25) is 10.0 Å². The number of fused-ring (bicyclic) bond motifs is 1. The second kappa shape index (κ2) is 5.75. The lowest BCUT2D eigenvalue weighted by atomic mass is 10.2. The standard InChI is InChI=1S/C13H17BrN2O4S/c14-9-5-11-12(20-4-3-19-11)6-13(9)21(17,18)16-7-10(15)8-1-2-8/h5-6,8,10,16H,1-4,7,15H2. The number of nitrogens with two attached hydrogens (primary N) is 1. The molecule has 1 saturated carbocycles. The van der Waals surface area contributed by atoms with Crippen LogP contribution in [-0.2, 0) is 10.0 Å². The van der Waals surface area contributed by atoms with Gasteiger partial charge in [0.1, 0.15) is 18.1 Å². The lowest BCUT2D eigenvalue weighted by molar-refractivity contribution is 0.171. The highest BCUT2D eigenvalue weighted by molar-refractivity contribution is 9.10. The molecule has 3 N–H and O–H groups in total. The van der Waals surface area contributed by atoms with Crippen LogP contribution in [0.25, 0.3) is 0 Å². The average Bonchev–Trinajstić information content (AvgIpc) is 3.28. The van der Waals surface area contributed by atoms with Gasteiger partial charge in [0.15, 0.2) is 11.5 Å². The van der Waals surface area contributed by atoms with Gasteiger partial charge in [0.05, 0.1) is 0 Å². The second-order valence-electron chi connectivity index (χ2n) is 5.28. The predicted octanol–water partition coefficient (Wildman–Crippen LogP) is 1.24. The Hall–Kier alpha value is -0.830. The molecule has 0 radical (unpaired) electrons. The molecule has 6 nitrogen and oxygen atoms in total. The van der Waals surface area contributed by atoms with Crippen molar-refractivity contribution in [2.24, 2.45) is 11.7 Å². The zero-order valence-electron chi connectivity index (χ0n) is 11.3. The van der Waals surface area contributed by atoms with Crippen LogP contribution in [0.1, 0.15) is 12.8 Å². The highest BCUT2D eigenvalue weighted by atomic mass is 79.9. The second-order valence-corrected chi connectivity index (χ2v) is 7.87. The molecule has 1 atom stereocenters. The fourth-order valence-corrected chi connectivity index (χ4v) is 4.33. The molecule has 116 valence electrons. The summed E-state index contributed by atoms with van der Waals surface area (Å²) in [5, 5.41) is 0. The third kappa shape index (κ3) is 3.33. The van der Waals surface area contributed by atoms with E-state index in [1.165, 1.54) is 6.07 Å². The van der Waals surface area contributed by atoms with Crippen LogP contribution < -0.4 is 19.9 Å². The van der Waals surface area contributed by atoms with E-state index in [2.05, 4.69) is 20.7 Å². The molecule has 8 heteroatoms. The Bertz CT molecular complexity index is 646. The Balaban J connectivity index is 1.80. The van der Waals surface area contributed by atoms with E-state index in [4.69, 9.17) is 15.2 Å². The minimum atomic E-state index is -3.64. The third-order valence-corrected chi connectivity index (χ3v) is 6.00. The summed E-state index contributed by atoms with van der Waals surface area (Å²) in [6.45, 7) is 1.11. The molecule has 1 aliphatic heterocycles. The van der Waals surface area contributed by atoms with Gasteiger partial charge in [-0.1, -0.05) is 0 Å². The number of ether oxygens (including phenoxy) is 2. The van der Waals surface area contributed by atoms with Crippen molar-refractivity contribution in [2.45, 2.75) is 23.8 Å². The zero-order chi connectivity index (χ0) is 15.0. The molecule has 1 heterocycles. The summed E-state index contributed by atoms with van der Waals surface area (Å²) in [5.74, 6) is 1.43. The Kier molecular flexibility index (Phi) is 4.13. The van der Waals surface area contributed by atoms with Gasteiger partial charge in [-0.2, -0.15) is 0 Å². The van der Waals surface area contributed by atoms with Crippen LogP contribution in [0.15, 0.2) is 21.5 Å². The molecule has 0 aromatic heterocycles. The number of hydrogen-bond donors (Lipinski definition) is 2.